The summed E-state index contributed by atoms with van der Waals surface area (Å²) in [4.78, 5) is 9.91. The molecule has 0 aliphatic rings. The summed E-state index contributed by atoms with van der Waals surface area (Å²) in [7, 11) is 0. The lowest BCUT2D eigenvalue weighted by Crippen LogP contribution is -1.99. The van der Waals surface area contributed by atoms with Crippen LogP contribution in [0.4, 0.5) is 8.78 Å². The molecule has 0 aliphatic heterocycles. The smallest absolute Gasteiger partial charge is 0.234 e. The van der Waals surface area contributed by atoms with Crippen molar-refractivity contribution in [2.24, 2.45) is 0 Å². The molecule has 1 atom stereocenters. The lowest BCUT2D eigenvalue weighted by atomic mass is 10.1. The Bertz CT molecular complexity index is 279. The quantitative estimate of drug-likeness (QED) is 0.723. The van der Waals surface area contributed by atoms with E-state index < -0.39 is 17.7 Å². The molecule has 0 heterocycles. The number of hydrogen-bond donors (Lipinski definition) is 1. The van der Waals surface area contributed by atoms with Gasteiger partial charge >= 0.3 is 0 Å². The topological polar surface area (TPSA) is 37.3 Å². The number of hydrogen-bond acceptors (Lipinski definition) is 2. The predicted octanol–water partition coefficient (Wildman–Crippen LogP) is 1.11. The maximum Gasteiger partial charge on any atom is 0.234 e. The second kappa shape index (κ2) is 3.40. The number of aliphatic hydroxyl groups is 1. The second-order valence-electron chi connectivity index (χ2n) is 2.22. The van der Waals surface area contributed by atoms with Crippen molar-refractivity contribution in [1.29, 1.82) is 0 Å². The molecule has 0 bridgehead atoms. The third kappa shape index (κ3) is 1.85. The molecule has 4 heteroatoms. The highest BCUT2D eigenvalue weighted by molar-refractivity contribution is 5.60. The van der Waals surface area contributed by atoms with Gasteiger partial charge in [-0.25, -0.2) is 8.78 Å². The van der Waals surface area contributed by atoms with E-state index in [0.29, 0.717) is 6.07 Å². The average Bonchev–Trinajstić information content (AvgIpc) is 2.01. The van der Waals surface area contributed by atoms with Crippen molar-refractivity contribution in [2.75, 3.05) is 0 Å². The highest BCUT2D eigenvalue weighted by Crippen LogP contribution is 2.13. The lowest BCUT2D eigenvalue weighted by Gasteiger charge is -2.01. The Kier molecular flexibility index (Phi) is 2.50. The SMILES string of the molecule is O=[C][C@@H](O)c1cc(F)cc(F)c1. The van der Waals surface area contributed by atoms with E-state index in [2.05, 4.69) is 0 Å². The molecule has 1 aromatic rings. The van der Waals surface area contributed by atoms with Crippen LogP contribution in [0.25, 0.3) is 0 Å². The summed E-state index contributed by atoms with van der Waals surface area (Å²) < 4.78 is 24.9. The highest BCUT2D eigenvalue weighted by Gasteiger charge is 2.09. The number of benzene rings is 1. The van der Waals surface area contributed by atoms with Crippen molar-refractivity contribution in [2.45, 2.75) is 6.10 Å². The van der Waals surface area contributed by atoms with Gasteiger partial charge in [-0.2, -0.15) is 0 Å². The van der Waals surface area contributed by atoms with Crippen molar-refractivity contribution >= 4 is 6.29 Å². The van der Waals surface area contributed by atoms with Crippen molar-refractivity contribution in [3.63, 3.8) is 0 Å². The van der Waals surface area contributed by atoms with Crippen LogP contribution in [-0.4, -0.2) is 11.4 Å². The molecule has 1 radical (unpaired) electrons. The molecule has 0 spiro atoms. The van der Waals surface area contributed by atoms with Crippen molar-refractivity contribution in [1.82, 2.24) is 0 Å². The van der Waals surface area contributed by atoms with Gasteiger partial charge in [0.1, 0.15) is 17.7 Å². The van der Waals surface area contributed by atoms with Crippen LogP contribution < -0.4 is 0 Å². The minimum absolute atomic E-state index is 0.137. The van der Waals surface area contributed by atoms with Crippen molar-refractivity contribution in [3.05, 3.63) is 35.4 Å². The Labute approximate surface area is 67.4 Å². The molecular weight excluding hydrogens is 166 g/mol. The van der Waals surface area contributed by atoms with Gasteiger partial charge in [0.05, 0.1) is 0 Å². The molecular formula is C8H5F2O2. The third-order valence-electron chi connectivity index (χ3n) is 1.31. The van der Waals surface area contributed by atoms with E-state index in [4.69, 9.17) is 5.11 Å². The first-order chi connectivity index (χ1) is 5.63. The summed E-state index contributed by atoms with van der Waals surface area (Å²) in [5.74, 6) is -1.67. The standard InChI is InChI=1S/C8H5F2O2/c9-6-1-5(8(12)4-11)2-7(10)3-6/h1-3,8,12H/t8-/m1/s1. The van der Waals surface area contributed by atoms with E-state index in [-0.39, 0.29) is 5.56 Å². The molecule has 1 rings (SSSR count). The zero-order valence-corrected chi connectivity index (χ0v) is 5.92. The van der Waals surface area contributed by atoms with E-state index in [1.807, 2.05) is 0 Å². The zero-order valence-electron chi connectivity index (χ0n) is 5.92. The van der Waals surface area contributed by atoms with Gasteiger partial charge in [0, 0.05) is 6.07 Å². The number of carbonyl (C=O) groups excluding carboxylic acids is 1. The minimum atomic E-state index is -1.59. The molecule has 63 valence electrons. The number of aliphatic hydroxyl groups excluding tert-OH is 1. The summed E-state index contributed by atoms with van der Waals surface area (Å²) in [6.07, 6.45) is -0.380. The molecule has 1 aromatic carbocycles. The van der Waals surface area contributed by atoms with Crippen molar-refractivity contribution < 1.29 is 18.7 Å². The van der Waals surface area contributed by atoms with E-state index >= 15 is 0 Å². The minimum Gasteiger partial charge on any atom is -0.380 e. The average molecular weight is 171 g/mol. The fraction of sp³-hybridized carbons (Fsp3) is 0.125. The second-order valence-corrected chi connectivity index (χ2v) is 2.22. The van der Waals surface area contributed by atoms with E-state index in [9.17, 15) is 13.6 Å². The summed E-state index contributed by atoms with van der Waals surface area (Å²) >= 11 is 0. The van der Waals surface area contributed by atoms with Crippen LogP contribution in [0.5, 0.6) is 0 Å². The van der Waals surface area contributed by atoms with E-state index in [1.165, 1.54) is 6.29 Å². The lowest BCUT2D eigenvalue weighted by molar-refractivity contribution is 0.239. The molecule has 0 saturated heterocycles. The molecule has 0 unspecified atom stereocenters. The maximum absolute atomic E-state index is 12.4. The van der Waals surface area contributed by atoms with Gasteiger partial charge in [-0.3, -0.25) is 4.79 Å². The Morgan fingerprint density at radius 3 is 2.17 bits per heavy atom. The van der Waals surface area contributed by atoms with E-state index in [1.54, 1.807) is 0 Å². The first-order valence-electron chi connectivity index (χ1n) is 3.15. The first kappa shape index (κ1) is 8.80. The van der Waals surface area contributed by atoms with Crippen LogP contribution >= 0.6 is 0 Å². The first-order valence-corrected chi connectivity index (χ1v) is 3.15. The van der Waals surface area contributed by atoms with E-state index in [0.717, 1.165) is 12.1 Å². The third-order valence-corrected chi connectivity index (χ3v) is 1.31. The van der Waals surface area contributed by atoms with Gasteiger partial charge < -0.3 is 5.11 Å². The van der Waals surface area contributed by atoms with Crippen LogP contribution in [0.15, 0.2) is 18.2 Å². The summed E-state index contributed by atoms with van der Waals surface area (Å²) in [5.41, 5.74) is -0.137. The highest BCUT2D eigenvalue weighted by atomic mass is 19.1. The molecule has 0 saturated carbocycles. The predicted molar refractivity (Wildman–Crippen MR) is 37.0 cm³/mol. The number of halogens is 2. The van der Waals surface area contributed by atoms with Crippen LogP contribution in [-0.2, 0) is 4.79 Å². The molecule has 12 heavy (non-hydrogen) atoms. The fourth-order valence-electron chi connectivity index (χ4n) is 0.801. The Balaban J connectivity index is 3.08. The summed E-state index contributed by atoms with van der Waals surface area (Å²) in [6.45, 7) is 0. The zero-order chi connectivity index (χ0) is 9.14. The van der Waals surface area contributed by atoms with Crippen LogP contribution in [0.2, 0.25) is 0 Å². The van der Waals surface area contributed by atoms with Gasteiger partial charge in [-0.15, -0.1) is 0 Å². The van der Waals surface area contributed by atoms with Gasteiger partial charge in [-0.05, 0) is 17.7 Å². The largest absolute Gasteiger partial charge is 0.380 e. The van der Waals surface area contributed by atoms with Crippen LogP contribution in [0.1, 0.15) is 11.7 Å². The Morgan fingerprint density at radius 2 is 1.75 bits per heavy atom. The molecule has 1 N–H and O–H groups in total. The molecule has 2 nitrogen and oxygen atoms in total. The summed E-state index contributed by atoms with van der Waals surface area (Å²) in [6, 6.07) is 2.40. The normalized spacial score (nSPS) is 12.6. The maximum atomic E-state index is 12.4. The molecule has 0 aromatic heterocycles. The van der Waals surface area contributed by atoms with Gasteiger partial charge in [-0.1, -0.05) is 0 Å². The van der Waals surface area contributed by atoms with Gasteiger partial charge in [0.2, 0.25) is 6.29 Å². The van der Waals surface area contributed by atoms with Gasteiger partial charge in [0.25, 0.3) is 0 Å². The summed E-state index contributed by atoms with van der Waals surface area (Å²) in [5, 5.41) is 8.82. The van der Waals surface area contributed by atoms with Crippen LogP contribution in [0.3, 0.4) is 0 Å². The molecule has 0 amide bonds. The van der Waals surface area contributed by atoms with Crippen LogP contribution in [0, 0.1) is 11.6 Å². The molecule has 0 fully saturated rings. The monoisotopic (exact) mass is 171 g/mol. The fourth-order valence-corrected chi connectivity index (χ4v) is 0.801. The molecule has 0 aliphatic carbocycles. The van der Waals surface area contributed by atoms with Gasteiger partial charge in [0.15, 0.2) is 0 Å². The Hall–Kier alpha value is -1.29. The Morgan fingerprint density at radius 1 is 1.25 bits per heavy atom. The van der Waals surface area contributed by atoms with Crippen molar-refractivity contribution in [3.8, 4) is 0 Å². The number of rotatable bonds is 2.